The van der Waals surface area contributed by atoms with Crippen LogP contribution < -0.4 is 0 Å². The van der Waals surface area contributed by atoms with Gasteiger partial charge in [-0.15, -0.1) is 0 Å². The molecule has 1 unspecified atom stereocenters. The van der Waals surface area contributed by atoms with Crippen molar-refractivity contribution in [3.8, 4) is 0 Å². The molecule has 0 N–H and O–H groups in total. The summed E-state index contributed by atoms with van der Waals surface area (Å²) in [7, 11) is 0. The van der Waals surface area contributed by atoms with Crippen molar-refractivity contribution in [2.24, 2.45) is 11.8 Å². The molecule has 1 atom stereocenters. The van der Waals surface area contributed by atoms with Crippen LogP contribution in [-0.4, -0.2) is 70.8 Å². The average molecular weight is 405 g/mol. The highest BCUT2D eigenvalue weighted by atomic mass is 16.5. The molecule has 7 nitrogen and oxygen atoms in total. The van der Waals surface area contributed by atoms with Gasteiger partial charge in [-0.25, -0.2) is 0 Å². The summed E-state index contributed by atoms with van der Waals surface area (Å²) in [4.78, 5) is 29.5. The summed E-state index contributed by atoms with van der Waals surface area (Å²) in [5.74, 6) is 0.812. The van der Waals surface area contributed by atoms with Crippen molar-refractivity contribution in [3.05, 3.63) is 17.0 Å². The molecule has 1 aromatic heterocycles. The van der Waals surface area contributed by atoms with Crippen LogP contribution >= 0.6 is 0 Å². The summed E-state index contributed by atoms with van der Waals surface area (Å²) in [6.45, 7) is 13.3. The van der Waals surface area contributed by atoms with Crippen LogP contribution in [-0.2, 0) is 27.3 Å². The third kappa shape index (κ3) is 5.38. The number of hydrogen-bond donors (Lipinski definition) is 0. The molecule has 2 fully saturated rings. The molecule has 2 aliphatic rings. The largest absolute Gasteiger partial charge is 0.378 e. The van der Waals surface area contributed by atoms with E-state index in [4.69, 9.17) is 4.74 Å². The third-order valence-electron chi connectivity index (χ3n) is 6.10. The standard InChI is InChI=1S/C22H36N4O3/c1-16(2)14-26-18(4)20(17(3)23-26)7-8-21(27)25-9-5-6-19(15-25)22(28)24-10-12-29-13-11-24/h16,19H,5-15H2,1-4H3. The molecule has 0 saturated carbocycles. The summed E-state index contributed by atoms with van der Waals surface area (Å²) in [5, 5.41) is 4.66. The summed E-state index contributed by atoms with van der Waals surface area (Å²) in [6, 6.07) is 0. The first-order valence-corrected chi connectivity index (χ1v) is 11.0. The van der Waals surface area contributed by atoms with Crippen LogP contribution in [0.1, 0.15) is 50.1 Å². The highest BCUT2D eigenvalue weighted by Crippen LogP contribution is 2.22. The molecule has 3 heterocycles. The Kier molecular flexibility index (Phi) is 7.33. The van der Waals surface area contributed by atoms with Crippen LogP contribution in [0.25, 0.3) is 0 Å². The van der Waals surface area contributed by atoms with Gasteiger partial charge in [0.05, 0.1) is 24.8 Å². The Morgan fingerprint density at radius 1 is 1.14 bits per heavy atom. The minimum absolute atomic E-state index is 0.0666. The summed E-state index contributed by atoms with van der Waals surface area (Å²) < 4.78 is 7.41. The predicted octanol–water partition coefficient (Wildman–Crippen LogP) is 2.19. The van der Waals surface area contributed by atoms with Gasteiger partial charge in [0.25, 0.3) is 0 Å². The molecule has 0 aromatic carbocycles. The van der Waals surface area contributed by atoms with Crippen LogP contribution in [0.4, 0.5) is 0 Å². The number of ether oxygens (including phenoxy) is 1. The number of piperidine rings is 1. The van der Waals surface area contributed by atoms with Crippen molar-refractivity contribution < 1.29 is 14.3 Å². The van der Waals surface area contributed by atoms with E-state index in [-0.39, 0.29) is 17.7 Å². The van der Waals surface area contributed by atoms with Gasteiger partial charge in [0.15, 0.2) is 0 Å². The maximum atomic E-state index is 12.9. The minimum Gasteiger partial charge on any atom is -0.378 e. The molecule has 7 heteroatoms. The average Bonchev–Trinajstić information content (AvgIpc) is 2.98. The van der Waals surface area contributed by atoms with E-state index in [1.54, 1.807) is 0 Å². The molecule has 2 amide bonds. The van der Waals surface area contributed by atoms with E-state index < -0.39 is 0 Å². The van der Waals surface area contributed by atoms with E-state index in [1.165, 1.54) is 11.3 Å². The van der Waals surface area contributed by atoms with E-state index in [0.717, 1.165) is 31.6 Å². The number of carbonyl (C=O) groups is 2. The molecule has 162 valence electrons. The highest BCUT2D eigenvalue weighted by Gasteiger charge is 2.31. The van der Waals surface area contributed by atoms with Gasteiger partial charge in [-0.1, -0.05) is 13.8 Å². The van der Waals surface area contributed by atoms with Crippen molar-refractivity contribution in [1.82, 2.24) is 19.6 Å². The molecule has 29 heavy (non-hydrogen) atoms. The number of morpholine rings is 1. The van der Waals surface area contributed by atoms with Crippen LogP contribution in [0.15, 0.2) is 0 Å². The number of amides is 2. The number of rotatable bonds is 6. The normalized spacial score (nSPS) is 20.4. The van der Waals surface area contributed by atoms with Crippen molar-refractivity contribution in [2.75, 3.05) is 39.4 Å². The zero-order valence-corrected chi connectivity index (χ0v) is 18.4. The first-order chi connectivity index (χ1) is 13.9. The lowest BCUT2D eigenvalue weighted by Gasteiger charge is -2.36. The SMILES string of the molecule is Cc1nn(CC(C)C)c(C)c1CCC(=O)N1CCCC(C(=O)N2CCOCC2)C1. The van der Waals surface area contributed by atoms with Gasteiger partial charge in [-0.3, -0.25) is 14.3 Å². The Hall–Kier alpha value is -1.89. The first kappa shape index (κ1) is 21.8. The molecular weight excluding hydrogens is 368 g/mol. The Bertz CT molecular complexity index is 722. The second-order valence-corrected chi connectivity index (χ2v) is 8.84. The second-order valence-electron chi connectivity index (χ2n) is 8.84. The number of nitrogens with zero attached hydrogens (tertiary/aromatic N) is 4. The molecule has 1 aromatic rings. The molecule has 2 aliphatic heterocycles. The number of carbonyl (C=O) groups excluding carboxylic acids is 2. The van der Waals surface area contributed by atoms with E-state index in [9.17, 15) is 9.59 Å². The number of aryl methyl sites for hydroxylation is 1. The van der Waals surface area contributed by atoms with E-state index in [0.29, 0.717) is 51.6 Å². The monoisotopic (exact) mass is 404 g/mol. The van der Waals surface area contributed by atoms with Crippen molar-refractivity contribution in [3.63, 3.8) is 0 Å². The van der Waals surface area contributed by atoms with E-state index >= 15 is 0 Å². The van der Waals surface area contributed by atoms with Crippen LogP contribution in [0.2, 0.25) is 0 Å². The quantitative estimate of drug-likeness (QED) is 0.729. The lowest BCUT2D eigenvalue weighted by atomic mass is 9.95. The fourth-order valence-corrected chi connectivity index (χ4v) is 4.46. The zero-order chi connectivity index (χ0) is 21.0. The highest BCUT2D eigenvalue weighted by molar-refractivity contribution is 5.81. The van der Waals surface area contributed by atoms with Gasteiger partial charge in [0.1, 0.15) is 0 Å². The fourth-order valence-electron chi connectivity index (χ4n) is 4.46. The summed E-state index contributed by atoms with van der Waals surface area (Å²) in [5.41, 5.74) is 3.38. The Balaban J connectivity index is 1.55. The van der Waals surface area contributed by atoms with Crippen molar-refractivity contribution in [1.29, 1.82) is 0 Å². The maximum Gasteiger partial charge on any atom is 0.227 e. The molecule has 2 saturated heterocycles. The number of hydrogen-bond acceptors (Lipinski definition) is 4. The lowest BCUT2D eigenvalue weighted by molar-refractivity contribution is -0.144. The Morgan fingerprint density at radius 2 is 1.86 bits per heavy atom. The molecular formula is C22H36N4O3. The van der Waals surface area contributed by atoms with Gasteiger partial charge in [0.2, 0.25) is 11.8 Å². The topological polar surface area (TPSA) is 67.7 Å². The molecule has 0 aliphatic carbocycles. The Morgan fingerprint density at radius 3 is 2.55 bits per heavy atom. The molecule has 0 spiro atoms. The van der Waals surface area contributed by atoms with Crippen molar-refractivity contribution >= 4 is 11.8 Å². The summed E-state index contributed by atoms with van der Waals surface area (Å²) >= 11 is 0. The summed E-state index contributed by atoms with van der Waals surface area (Å²) in [6.07, 6.45) is 2.97. The van der Waals surface area contributed by atoms with Crippen LogP contribution in [0.3, 0.4) is 0 Å². The first-order valence-electron chi connectivity index (χ1n) is 11.0. The smallest absolute Gasteiger partial charge is 0.227 e. The number of aromatic nitrogens is 2. The predicted molar refractivity (Wildman–Crippen MR) is 112 cm³/mol. The van der Waals surface area contributed by atoms with Gasteiger partial charge >= 0.3 is 0 Å². The van der Waals surface area contributed by atoms with Crippen molar-refractivity contribution in [2.45, 2.75) is 59.9 Å². The molecule has 3 rings (SSSR count). The maximum absolute atomic E-state index is 12.9. The van der Waals surface area contributed by atoms with Crippen LogP contribution in [0, 0.1) is 25.7 Å². The van der Waals surface area contributed by atoms with E-state index in [1.807, 2.05) is 16.7 Å². The van der Waals surface area contributed by atoms with Gasteiger partial charge < -0.3 is 14.5 Å². The minimum atomic E-state index is -0.0666. The van der Waals surface area contributed by atoms with E-state index in [2.05, 4.69) is 30.6 Å². The van der Waals surface area contributed by atoms with Crippen LogP contribution in [0.5, 0.6) is 0 Å². The zero-order valence-electron chi connectivity index (χ0n) is 18.4. The lowest BCUT2D eigenvalue weighted by Crippen LogP contribution is -2.49. The van der Waals surface area contributed by atoms with Gasteiger partial charge in [-0.05, 0) is 44.6 Å². The third-order valence-corrected chi connectivity index (χ3v) is 6.10. The molecule has 0 bridgehead atoms. The molecule has 0 radical (unpaired) electrons. The Labute approximate surface area is 174 Å². The second kappa shape index (κ2) is 9.74. The fraction of sp³-hybridized carbons (Fsp3) is 0.773. The van der Waals surface area contributed by atoms with Gasteiger partial charge in [-0.2, -0.15) is 5.10 Å². The number of likely N-dealkylation sites (tertiary alicyclic amines) is 1. The van der Waals surface area contributed by atoms with Gasteiger partial charge in [0, 0.05) is 44.8 Å².